The Balaban J connectivity index is 2.86. The molecule has 1 heterocycles. The van der Waals surface area contributed by atoms with Gasteiger partial charge in [0.1, 0.15) is 5.75 Å². The first-order chi connectivity index (χ1) is 7.54. The van der Waals surface area contributed by atoms with Gasteiger partial charge in [0, 0.05) is 23.1 Å². The van der Waals surface area contributed by atoms with Gasteiger partial charge in [-0.15, -0.1) is 0 Å². The summed E-state index contributed by atoms with van der Waals surface area (Å²) in [6.45, 7) is 0. The first-order valence-electron chi connectivity index (χ1n) is 4.60. The van der Waals surface area contributed by atoms with Gasteiger partial charge in [0.25, 0.3) is 0 Å². The fourth-order valence-electron chi connectivity index (χ4n) is 1.75. The molecular weight excluding hydrogens is 274 g/mol. The normalized spacial score (nSPS) is 10.7. The molecule has 0 bridgehead atoms. The summed E-state index contributed by atoms with van der Waals surface area (Å²) in [6.07, 6.45) is 1.59. The van der Waals surface area contributed by atoms with Gasteiger partial charge in [0.15, 0.2) is 0 Å². The van der Waals surface area contributed by atoms with Crippen molar-refractivity contribution in [1.29, 1.82) is 0 Å². The van der Waals surface area contributed by atoms with Crippen LogP contribution in [0.2, 0.25) is 0 Å². The summed E-state index contributed by atoms with van der Waals surface area (Å²) in [4.78, 5) is 11.1. The van der Waals surface area contributed by atoms with Gasteiger partial charge in [0.05, 0.1) is 18.2 Å². The standard InChI is InChI=1S/C11H10BrNO3/c1-13-5-8(11(14)15)7-3-6(16-2)4-9(12)10(7)13/h3-5H,1-2H3,(H,14,15). The van der Waals surface area contributed by atoms with E-state index in [4.69, 9.17) is 9.84 Å². The number of aryl methyl sites for hydroxylation is 1. The van der Waals surface area contributed by atoms with Crippen molar-refractivity contribution in [2.24, 2.45) is 7.05 Å². The van der Waals surface area contributed by atoms with Gasteiger partial charge >= 0.3 is 5.97 Å². The number of carboxylic acids is 1. The zero-order chi connectivity index (χ0) is 11.9. The number of fused-ring (bicyclic) bond motifs is 1. The molecule has 84 valence electrons. The minimum atomic E-state index is -0.939. The first kappa shape index (κ1) is 11.0. The van der Waals surface area contributed by atoms with Crippen molar-refractivity contribution in [1.82, 2.24) is 4.57 Å². The van der Waals surface area contributed by atoms with Crippen LogP contribution in [0.3, 0.4) is 0 Å². The molecule has 2 rings (SSSR count). The SMILES string of the molecule is COc1cc(Br)c2c(c1)c(C(=O)O)cn2C. The zero-order valence-corrected chi connectivity index (χ0v) is 10.4. The second-order valence-corrected chi connectivity index (χ2v) is 4.32. The minimum Gasteiger partial charge on any atom is -0.497 e. The number of methoxy groups -OCH3 is 1. The Morgan fingerprint density at radius 3 is 2.75 bits per heavy atom. The van der Waals surface area contributed by atoms with Gasteiger partial charge in [0.2, 0.25) is 0 Å². The van der Waals surface area contributed by atoms with Crippen molar-refractivity contribution in [3.8, 4) is 5.75 Å². The number of benzene rings is 1. The van der Waals surface area contributed by atoms with Gasteiger partial charge in [-0.1, -0.05) is 0 Å². The Bertz CT molecular complexity index is 574. The lowest BCUT2D eigenvalue weighted by Gasteiger charge is -2.04. The van der Waals surface area contributed by atoms with E-state index in [9.17, 15) is 4.79 Å². The van der Waals surface area contributed by atoms with Gasteiger partial charge in [-0.25, -0.2) is 4.79 Å². The molecule has 0 atom stereocenters. The lowest BCUT2D eigenvalue weighted by Crippen LogP contribution is -1.94. The molecular formula is C11H10BrNO3. The van der Waals surface area contributed by atoms with Crippen molar-refractivity contribution in [2.75, 3.05) is 7.11 Å². The van der Waals surface area contributed by atoms with Crippen LogP contribution in [0.25, 0.3) is 10.9 Å². The van der Waals surface area contributed by atoms with Gasteiger partial charge in [-0.05, 0) is 28.1 Å². The highest BCUT2D eigenvalue weighted by atomic mass is 79.9. The van der Waals surface area contributed by atoms with Crippen LogP contribution in [-0.4, -0.2) is 22.8 Å². The molecule has 0 saturated carbocycles. The van der Waals surface area contributed by atoms with Gasteiger partial charge in [-0.2, -0.15) is 0 Å². The quantitative estimate of drug-likeness (QED) is 0.922. The number of aromatic nitrogens is 1. The average molecular weight is 284 g/mol. The Morgan fingerprint density at radius 1 is 1.50 bits per heavy atom. The summed E-state index contributed by atoms with van der Waals surface area (Å²) in [7, 11) is 3.36. The molecule has 0 saturated heterocycles. The van der Waals surface area contributed by atoms with Crippen LogP contribution in [0, 0.1) is 0 Å². The Kier molecular flexibility index (Phi) is 2.63. The summed E-state index contributed by atoms with van der Waals surface area (Å²) in [5.41, 5.74) is 1.12. The van der Waals surface area contributed by atoms with Crippen LogP contribution in [0.1, 0.15) is 10.4 Å². The van der Waals surface area contributed by atoms with Crippen LogP contribution in [-0.2, 0) is 7.05 Å². The molecule has 0 aliphatic carbocycles. The van der Waals surface area contributed by atoms with E-state index in [0.717, 1.165) is 9.99 Å². The van der Waals surface area contributed by atoms with E-state index in [0.29, 0.717) is 11.1 Å². The van der Waals surface area contributed by atoms with Crippen LogP contribution >= 0.6 is 15.9 Å². The van der Waals surface area contributed by atoms with E-state index in [-0.39, 0.29) is 5.56 Å². The third-order valence-electron chi connectivity index (χ3n) is 2.47. The molecule has 0 fully saturated rings. The molecule has 0 radical (unpaired) electrons. The minimum absolute atomic E-state index is 0.275. The molecule has 1 N–H and O–H groups in total. The van der Waals surface area contributed by atoms with Gasteiger partial charge < -0.3 is 14.4 Å². The molecule has 0 aliphatic heterocycles. The van der Waals surface area contributed by atoms with E-state index in [1.54, 1.807) is 23.9 Å². The summed E-state index contributed by atoms with van der Waals surface area (Å²) in [5.74, 6) is -0.307. The fraction of sp³-hybridized carbons (Fsp3) is 0.182. The molecule has 16 heavy (non-hydrogen) atoms. The number of carbonyl (C=O) groups is 1. The molecule has 0 unspecified atom stereocenters. The molecule has 1 aromatic heterocycles. The molecule has 5 heteroatoms. The lowest BCUT2D eigenvalue weighted by molar-refractivity contribution is 0.0699. The van der Waals surface area contributed by atoms with Crippen LogP contribution in [0.4, 0.5) is 0 Å². The molecule has 0 aliphatic rings. The highest BCUT2D eigenvalue weighted by Crippen LogP contribution is 2.32. The van der Waals surface area contributed by atoms with Crippen molar-refractivity contribution in [3.05, 3.63) is 28.4 Å². The maximum Gasteiger partial charge on any atom is 0.337 e. The van der Waals surface area contributed by atoms with Crippen LogP contribution in [0.5, 0.6) is 5.75 Å². The number of halogens is 1. The van der Waals surface area contributed by atoms with E-state index < -0.39 is 5.97 Å². The number of ether oxygens (including phenoxy) is 1. The number of carboxylic acid groups (broad SMARTS) is 1. The second-order valence-electron chi connectivity index (χ2n) is 3.46. The predicted molar refractivity (Wildman–Crippen MR) is 64.1 cm³/mol. The summed E-state index contributed by atoms with van der Waals surface area (Å²) in [5, 5.41) is 9.75. The third-order valence-corrected chi connectivity index (χ3v) is 3.07. The first-order valence-corrected chi connectivity index (χ1v) is 5.39. The zero-order valence-electron chi connectivity index (χ0n) is 8.82. The molecule has 1 aromatic carbocycles. The topological polar surface area (TPSA) is 51.5 Å². The Morgan fingerprint density at radius 2 is 2.19 bits per heavy atom. The van der Waals surface area contributed by atoms with Crippen LogP contribution in [0.15, 0.2) is 22.8 Å². The summed E-state index contributed by atoms with van der Waals surface area (Å²) >= 11 is 3.41. The number of aromatic carboxylic acids is 1. The molecule has 4 nitrogen and oxygen atoms in total. The van der Waals surface area contributed by atoms with Crippen molar-refractivity contribution >= 4 is 32.8 Å². The van der Waals surface area contributed by atoms with E-state index >= 15 is 0 Å². The summed E-state index contributed by atoms with van der Waals surface area (Å²) < 4.78 is 7.71. The molecule has 0 spiro atoms. The maximum atomic E-state index is 11.1. The van der Waals surface area contributed by atoms with E-state index in [2.05, 4.69) is 15.9 Å². The van der Waals surface area contributed by atoms with E-state index in [1.807, 2.05) is 13.1 Å². The smallest absolute Gasteiger partial charge is 0.337 e. The predicted octanol–water partition coefficient (Wildman–Crippen LogP) is 2.65. The Hall–Kier alpha value is -1.49. The highest BCUT2D eigenvalue weighted by molar-refractivity contribution is 9.10. The molecule has 0 amide bonds. The van der Waals surface area contributed by atoms with Gasteiger partial charge in [-0.3, -0.25) is 0 Å². The largest absolute Gasteiger partial charge is 0.497 e. The van der Waals surface area contributed by atoms with Crippen LogP contribution < -0.4 is 4.74 Å². The third kappa shape index (κ3) is 1.57. The number of rotatable bonds is 2. The van der Waals surface area contributed by atoms with E-state index in [1.165, 1.54) is 0 Å². The van der Waals surface area contributed by atoms with Crippen molar-refractivity contribution < 1.29 is 14.6 Å². The molecule has 2 aromatic rings. The van der Waals surface area contributed by atoms with Crippen molar-refractivity contribution in [2.45, 2.75) is 0 Å². The average Bonchev–Trinajstić information content (AvgIpc) is 2.56. The second kappa shape index (κ2) is 3.83. The fourth-order valence-corrected chi connectivity index (χ4v) is 2.47. The number of hydrogen-bond acceptors (Lipinski definition) is 2. The Labute approximate surface area is 101 Å². The lowest BCUT2D eigenvalue weighted by atomic mass is 10.1. The summed E-state index contributed by atoms with van der Waals surface area (Å²) in [6, 6.07) is 3.54. The monoisotopic (exact) mass is 283 g/mol. The highest BCUT2D eigenvalue weighted by Gasteiger charge is 2.15. The maximum absolute atomic E-state index is 11.1. The van der Waals surface area contributed by atoms with Crippen molar-refractivity contribution in [3.63, 3.8) is 0 Å². The number of nitrogens with zero attached hydrogens (tertiary/aromatic N) is 1. The number of hydrogen-bond donors (Lipinski definition) is 1.